The first-order valence-electron chi connectivity index (χ1n) is 5.64. The van der Waals surface area contributed by atoms with Crippen molar-refractivity contribution in [3.8, 4) is 0 Å². The standard InChI is InChI=1S/C12H10F3NO6/c1-21-10(17)9(11(18)22-2)7-4-3-6(12(13,14)15)5-8(7)16(19)20/h3-5,9H,1-2H3. The van der Waals surface area contributed by atoms with Gasteiger partial charge in [-0.3, -0.25) is 19.7 Å². The van der Waals surface area contributed by atoms with Gasteiger partial charge >= 0.3 is 18.1 Å². The van der Waals surface area contributed by atoms with Crippen molar-refractivity contribution in [3.05, 3.63) is 39.4 Å². The van der Waals surface area contributed by atoms with E-state index in [1.807, 2.05) is 0 Å². The third-order valence-electron chi connectivity index (χ3n) is 2.74. The highest BCUT2D eigenvalue weighted by atomic mass is 19.4. The van der Waals surface area contributed by atoms with Crippen LogP contribution in [0.2, 0.25) is 0 Å². The number of alkyl halides is 3. The molecule has 7 nitrogen and oxygen atoms in total. The Kier molecular flexibility index (Phi) is 5.07. The highest BCUT2D eigenvalue weighted by molar-refractivity contribution is 6.01. The number of carbonyl (C=O) groups is 2. The Morgan fingerprint density at radius 2 is 1.68 bits per heavy atom. The summed E-state index contributed by atoms with van der Waals surface area (Å²) in [5, 5.41) is 11.0. The van der Waals surface area contributed by atoms with Crippen molar-refractivity contribution in [1.82, 2.24) is 0 Å². The number of nitro groups is 1. The maximum atomic E-state index is 12.6. The normalized spacial score (nSPS) is 11.2. The number of benzene rings is 1. The number of rotatable bonds is 4. The molecule has 0 aliphatic heterocycles. The molecule has 1 aromatic rings. The number of hydrogen-bond donors (Lipinski definition) is 0. The van der Waals surface area contributed by atoms with Gasteiger partial charge in [0.2, 0.25) is 0 Å². The fourth-order valence-electron chi connectivity index (χ4n) is 1.71. The van der Waals surface area contributed by atoms with Crippen LogP contribution in [-0.4, -0.2) is 31.1 Å². The predicted octanol–water partition coefficient (Wildman–Crippen LogP) is 2.04. The summed E-state index contributed by atoms with van der Waals surface area (Å²) in [4.78, 5) is 33.0. The van der Waals surface area contributed by atoms with Crippen LogP contribution in [0.15, 0.2) is 18.2 Å². The second kappa shape index (κ2) is 6.41. The molecular formula is C12H10F3NO6. The van der Waals surface area contributed by atoms with E-state index in [4.69, 9.17) is 0 Å². The number of hydrogen-bond acceptors (Lipinski definition) is 6. The predicted molar refractivity (Wildman–Crippen MR) is 64.9 cm³/mol. The van der Waals surface area contributed by atoms with Gasteiger partial charge in [-0.15, -0.1) is 0 Å². The lowest BCUT2D eigenvalue weighted by atomic mass is 9.96. The van der Waals surface area contributed by atoms with E-state index in [0.29, 0.717) is 12.1 Å². The Balaban J connectivity index is 3.53. The van der Waals surface area contributed by atoms with Crippen LogP contribution in [0.1, 0.15) is 17.0 Å². The molecule has 0 atom stereocenters. The average Bonchev–Trinajstić information content (AvgIpc) is 2.45. The van der Waals surface area contributed by atoms with Crippen molar-refractivity contribution in [1.29, 1.82) is 0 Å². The summed E-state index contributed by atoms with van der Waals surface area (Å²) in [6, 6.07) is 1.45. The van der Waals surface area contributed by atoms with E-state index in [9.17, 15) is 32.9 Å². The zero-order chi connectivity index (χ0) is 17.1. The average molecular weight is 321 g/mol. The van der Waals surface area contributed by atoms with E-state index in [0.717, 1.165) is 14.2 Å². The minimum atomic E-state index is -4.81. The summed E-state index contributed by atoms with van der Waals surface area (Å²) in [5.41, 5.74) is -2.86. The summed E-state index contributed by atoms with van der Waals surface area (Å²) >= 11 is 0. The molecule has 0 N–H and O–H groups in total. The zero-order valence-corrected chi connectivity index (χ0v) is 11.3. The van der Waals surface area contributed by atoms with E-state index in [1.54, 1.807) is 0 Å². The van der Waals surface area contributed by atoms with Crippen LogP contribution in [0, 0.1) is 10.1 Å². The molecule has 0 saturated heterocycles. The van der Waals surface area contributed by atoms with Gasteiger partial charge in [-0.05, 0) is 6.07 Å². The van der Waals surface area contributed by atoms with Crippen LogP contribution in [0.4, 0.5) is 18.9 Å². The molecule has 0 aromatic heterocycles. The SMILES string of the molecule is COC(=O)C(C(=O)OC)c1ccc(C(F)(F)F)cc1[N+](=O)[O-]. The van der Waals surface area contributed by atoms with E-state index in [2.05, 4.69) is 9.47 Å². The van der Waals surface area contributed by atoms with Crippen molar-refractivity contribution < 1.29 is 37.2 Å². The van der Waals surface area contributed by atoms with Crippen LogP contribution in [-0.2, 0) is 25.2 Å². The van der Waals surface area contributed by atoms with Crippen molar-refractivity contribution in [2.45, 2.75) is 12.1 Å². The molecule has 0 fully saturated rings. The Bertz CT molecular complexity index is 597. The van der Waals surface area contributed by atoms with E-state index in [1.165, 1.54) is 0 Å². The Morgan fingerprint density at radius 1 is 1.18 bits per heavy atom. The molecule has 10 heteroatoms. The molecule has 0 amide bonds. The van der Waals surface area contributed by atoms with Gasteiger partial charge in [0.15, 0.2) is 5.92 Å². The smallest absolute Gasteiger partial charge is 0.416 e. The molecule has 120 valence electrons. The zero-order valence-electron chi connectivity index (χ0n) is 11.3. The van der Waals surface area contributed by atoms with Gasteiger partial charge in [0.1, 0.15) is 0 Å². The van der Waals surface area contributed by atoms with Gasteiger partial charge < -0.3 is 9.47 Å². The maximum Gasteiger partial charge on any atom is 0.416 e. The third kappa shape index (κ3) is 3.51. The van der Waals surface area contributed by atoms with E-state index in [-0.39, 0.29) is 6.07 Å². The highest BCUT2D eigenvalue weighted by Crippen LogP contribution is 2.36. The first-order chi connectivity index (χ1) is 10.1. The lowest BCUT2D eigenvalue weighted by Crippen LogP contribution is -2.25. The molecule has 1 rings (SSSR count). The molecule has 0 aliphatic rings. The molecule has 0 unspecified atom stereocenters. The van der Waals surface area contributed by atoms with Crippen LogP contribution < -0.4 is 0 Å². The Hall–Kier alpha value is -2.65. The molecule has 0 spiro atoms. The third-order valence-corrected chi connectivity index (χ3v) is 2.74. The highest BCUT2D eigenvalue weighted by Gasteiger charge is 2.39. The molecule has 1 aromatic carbocycles. The number of methoxy groups -OCH3 is 2. The molecule has 0 aliphatic carbocycles. The number of esters is 2. The van der Waals surface area contributed by atoms with Gasteiger partial charge in [0.25, 0.3) is 5.69 Å². The summed E-state index contributed by atoms with van der Waals surface area (Å²) in [7, 11) is 1.85. The molecule has 0 heterocycles. The fraction of sp³-hybridized carbons (Fsp3) is 0.333. The van der Waals surface area contributed by atoms with Crippen molar-refractivity contribution >= 4 is 17.6 Å². The van der Waals surface area contributed by atoms with Gasteiger partial charge in [-0.1, -0.05) is 6.07 Å². The van der Waals surface area contributed by atoms with E-state index >= 15 is 0 Å². The van der Waals surface area contributed by atoms with Crippen LogP contribution in [0.5, 0.6) is 0 Å². The van der Waals surface area contributed by atoms with Crippen LogP contribution in [0.3, 0.4) is 0 Å². The monoisotopic (exact) mass is 321 g/mol. The number of ether oxygens (including phenoxy) is 2. The first-order valence-corrected chi connectivity index (χ1v) is 5.64. The Morgan fingerprint density at radius 3 is 2.05 bits per heavy atom. The molecule has 22 heavy (non-hydrogen) atoms. The van der Waals surface area contributed by atoms with E-state index < -0.39 is 45.8 Å². The lowest BCUT2D eigenvalue weighted by Gasteiger charge is -2.14. The number of carbonyl (C=O) groups excluding carboxylic acids is 2. The number of nitrogens with zero attached hydrogens (tertiary/aromatic N) is 1. The topological polar surface area (TPSA) is 95.7 Å². The minimum absolute atomic E-state index is 0.244. The largest absolute Gasteiger partial charge is 0.468 e. The van der Waals surface area contributed by atoms with Crippen molar-refractivity contribution in [2.24, 2.45) is 0 Å². The summed E-state index contributed by atoms with van der Waals surface area (Å²) in [6.45, 7) is 0. The maximum absolute atomic E-state index is 12.6. The van der Waals surface area contributed by atoms with Crippen LogP contribution >= 0.6 is 0 Å². The summed E-state index contributed by atoms with van der Waals surface area (Å²) in [6.07, 6.45) is -4.81. The van der Waals surface area contributed by atoms with Crippen LogP contribution in [0.25, 0.3) is 0 Å². The second-order valence-electron chi connectivity index (χ2n) is 4.01. The van der Waals surface area contributed by atoms with Crippen molar-refractivity contribution in [2.75, 3.05) is 14.2 Å². The lowest BCUT2D eigenvalue weighted by molar-refractivity contribution is -0.385. The van der Waals surface area contributed by atoms with Crippen molar-refractivity contribution in [3.63, 3.8) is 0 Å². The number of nitro benzene ring substituents is 1. The molecule has 0 saturated carbocycles. The number of halogens is 3. The quantitative estimate of drug-likeness (QED) is 0.364. The summed E-state index contributed by atoms with van der Waals surface area (Å²) in [5.74, 6) is -4.22. The molecule has 0 radical (unpaired) electrons. The van der Waals surface area contributed by atoms with Gasteiger partial charge in [-0.25, -0.2) is 0 Å². The van der Waals surface area contributed by atoms with Gasteiger partial charge in [0.05, 0.1) is 30.3 Å². The molecule has 0 bridgehead atoms. The first kappa shape index (κ1) is 17.4. The fourth-order valence-corrected chi connectivity index (χ4v) is 1.71. The van der Waals surface area contributed by atoms with Gasteiger partial charge in [-0.2, -0.15) is 13.2 Å². The Labute approximate surface area is 121 Å². The van der Waals surface area contributed by atoms with Gasteiger partial charge in [0, 0.05) is 6.07 Å². The second-order valence-corrected chi connectivity index (χ2v) is 4.01. The molecular weight excluding hydrogens is 311 g/mol. The summed E-state index contributed by atoms with van der Waals surface area (Å²) < 4.78 is 46.5. The minimum Gasteiger partial charge on any atom is -0.468 e.